The molecule has 0 unspecified atom stereocenters. The third-order valence-electron chi connectivity index (χ3n) is 4.99. The number of likely N-dealkylation sites (tertiary alicyclic amines) is 2. The Morgan fingerprint density at radius 2 is 2.13 bits per heavy atom. The molecule has 1 aromatic rings. The van der Waals surface area contributed by atoms with E-state index in [4.69, 9.17) is 0 Å². The molecule has 2 aliphatic heterocycles. The van der Waals surface area contributed by atoms with Gasteiger partial charge in [-0.15, -0.1) is 11.3 Å². The average Bonchev–Trinajstić information content (AvgIpc) is 3.20. The van der Waals surface area contributed by atoms with Gasteiger partial charge in [0.05, 0.1) is 5.69 Å². The van der Waals surface area contributed by atoms with E-state index < -0.39 is 0 Å². The Labute approximate surface area is 143 Å². The van der Waals surface area contributed by atoms with E-state index in [1.54, 1.807) is 23.2 Å². The molecule has 3 heterocycles. The molecular formula is C17H28N4OS. The molecule has 2 aliphatic rings. The standard InChI is InChI=1S/C17H28N4OS/c1-3-21(14(2)22)17-18-15(13-23-17)11-19-8-6-7-16(12-19)20-9-4-5-10-20/h13,16H,3-12H2,1-2H3/t16-/m1/s1. The number of rotatable bonds is 5. The summed E-state index contributed by atoms with van der Waals surface area (Å²) in [5.74, 6) is 0.0699. The molecule has 1 atom stereocenters. The summed E-state index contributed by atoms with van der Waals surface area (Å²) in [6.07, 6.45) is 5.35. The number of hydrogen-bond donors (Lipinski definition) is 0. The summed E-state index contributed by atoms with van der Waals surface area (Å²) in [6, 6.07) is 0.730. The minimum absolute atomic E-state index is 0.0699. The molecule has 5 nitrogen and oxygen atoms in total. The van der Waals surface area contributed by atoms with Gasteiger partial charge in [0.25, 0.3) is 0 Å². The first-order chi connectivity index (χ1) is 11.2. The zero-order valence-electron chi connectivity index (χ0n) is 14.3. The summed E-state index contributed by atoms with van der Waals surface area (Å²) in [4.78, 5) is 23.3. The lowest BCUT2D eigenvalue weighted by Crippen LogP contribution is -2.46. The Morgan fingerprint density at radius 1 is 1.35 bits per heavy atom. The van der Waals surface area contributed by atoms with Crippen LogP contribution < -0.4 is 4.90 Å². The van der Waals surface area contributed by atoms with E-state index in [0.717, 1.165) is 30.0 Å². The van der Waals surface area contributed by atoms with Gasteiger partial charge in [0.2, 0.25) is 5.91 Å². The van der Waals surface area contributed by atoms with Crippen LogP contribution in [0.3, 0.4) is 0 Å². The highest BCUT2D eigenvalue weighted by Gasteiger charge is 2.27. The lowest BCUT2D eigenvalue weighted by molar-refractivity contribution is -0.116. The van der Waals surface area contributed by atoms with Crippen LogP contribution in [0.1, 0.15) is 45.2 Å². The van der Waals surface area contributed by atoms with Crippen molar-refractivity contribution in [3.8, 4) is 0 Å². The molecule has 0 aromatic carbocycles. The van der Waals surface area contributed by atoms with Gasteiger partial charge in [0, 0.05) is 38.0 Å². The van der Waals surface area contributed by atoms with Crippen molar-refractivity contribution in [3.63, 3.8) is 0 Å². The van der Waals surface area contributed by atoms with Crippen molar-refractivity contribution in [1.82, 2.24) is 14.8 Å². The first-order valence-electron chi connectivity index (χ1n) is 8.86. The Balaban J connectivity index is 1.58. The van der Waals surface area contributed by atoms with Crippen LogP contribution >= 0.6 is 11.3 Å². The molecule has 23 heavy (non-hydrogen) atoms. The van der Waals surface area contributed by atoms with E-state index in [-0.39, 0.29) is 5.91 Å². The number of hydrogen-bond acceptors (Lipinski definition) is 5. The molecule has 0 bridgehead atoms. The smallest absolute Gasteiger partial charge is 0.225 e. The number of carbonyl (C=O) groups is 1. The van der Waals surface area contributed by atoms with Crippen molar-refractivity contribution >= 4 is 22.4 Å². The van der Waals surface area contributed by atoms with E-state index in [0.29, 0.717) is 6.54 Å². The van der Waals surface area contributed by atoms with Crippen molar-refractivity contribution in [1.29, 1.82) is 0 Å². The molecule has 0 spiro atoms. The molecule has 128 valence electrons. The van der Waals surface area contributed by atoms with Crippen molar-refractivity contribution in [2.24, 2.45) is 0 Å². The van der Waals surface area contributed by atoms with E-state index in [9.17, 15) is 4.79 Å². The second kappa shape index (κ2) is 7.73. The topological polar surface area (TPSA) is 39.7 Å². The zero-order chi connectivity index (χ0) is 16.2. The number of carbonyl (C=O) groups excluding carboxylic acids is 1. The van der Waals surface area contributed by atoms with E-state index in [1.807, 2.05) is 6.92 Å². The van der Waals surface area contributed by atoms with Gasteiger partial charge in [-0.2, -0.15) is 0 Å². The highest BCUT2D eigenvalue weighted by atomic mass is 32.1. The number of amides is 1. The van der Waals surface area contributed by atoms with Crippen LogP contribution in [0.2, 0.25) is 0 Å². The molecule has 1 amide bonds. The Bertz CT molecular complexity index is 526. The predicted molar refractivity (Wildman–Crippen MR) is 94.9 cm³/mol. The quantitative estimate of drug-likeness (QED) is 0.828. The molecule has 2 fully saturated rings. The third kappa shape index (κ3) is 4.11. The molecule has 0 aliphatic carbocycles. The fraction of sp³-hybridized carbons (Fsp3) is 0.765. The molecule has 6 heteroatoms. The van der Waals surface area contributed by atoms with Gasteiger partial charge in [-0.25, -0.2) is 4.98 Å². The second-order valence-electron chi connectivity index (χ2n) is 6.66. The SMILES string of the molecule is CCN(C(C)=O)c1nc(CN2CCC[C@@H](N3CCCC3)C2)cs1. The Morgan fingerprint density at radius 3 is 2.83 bits per heavy atom. The van der Waals surface area contributed by atoms with Crippen LogP contribution in [0.5, 0.6) is 0 Å². The largest absolute Gasteiger partial charge is 0.299 e. The lowest BCUT2D eigenvalue weighted by atomic mass is 10.0. The van der Waals surface area contributed by atoms with Gasteiger partial charge < -0.3 is 0 Å². The predicted octanol–water partition coefficient (Wildman–Crippen LogP) is 2.58. The molecule has 1 aromatic heterocycles. The van der Waals surface area contributed by atoms with Gasteiger partial charge in [0.1, 0.15) is 0 Å². The Hall–Kier alpha value is -0.980. The minimum Gasteiger partial charge on any atom is -0.299 e. The van der Waals surface area contributed by atoms with Gasteiger partial charge in [-0.05, 0) is 52.2 Å². The number of aromatic nitrogens is 1. The minimum atomic E-state index is 0.0699. The van der Waals surface area contributed by atoms with E-state index in [2.05, 4.69) is 20.2 Å². The van der Waals surface area contributed by atoms with Crippen molar-refractivity contribution in [3.05, 3.63) is 11.1 Å². The van der Waals surface area contributed by atoms with Crippen LogP contribution in [0.25, 0.3) is 0 Å². The second-order valence-corrected chi connectivity index (χ2v) is 7.50. The number of thiazole rings is 1. The maximum absolute atomic E-state index is 11.6. The molecule has 0 N–H and O–H groups in total. The fourth-order valence-electron chi connectivity index (χ4n) is 3.79. The van der Waals surface area contributed by atoms with Crippen molar-refractivity contribution < 1.29 is 4.79 Å². The zero-order valence-corrected chi connectivity index (χ0v) is 15.1. The third-order valence-corrected chi connectivity index (χ3v) is 5.90. The van der Waals surface area contributed by atoms with Crippen molar-refractivity contribution in [2.45, 2.75) is 52.1 Å². The molecule has 0 radical (unpaired) electrons. The van der Waals surface area contributed by atoms with Crippen molar-refractivity contribution in [2.75, 3.05) is 37.6 Å². The normalized spacial score (nSPS) is 23.3. The summed E-state index contributed by atoms with van der Waals surface area (Å²) in [6.45, 7) is 10.1. The summed E-state index contributed by atoms with van der Waals surface area (Å²) in [5.41, 5.74) is 1.10. The monoisotopic (exact) mass is 336 g/mol. The number of anilines is 1. The molecule has 3 rings (SSSR count). The summed E-state index contributed by atoms with van der Waals surface area (Å²) in [7, 11) is 0. The fourth-order valence-corrected chi connectivity index (χ4v) is 4.72. The lowest BCUT2D eigenvalue weighted by Gasteiger charge is -2.37. The Kier molecular flexibility index (Phi) is 5.67. The summed E-state index contributed by atoms with van der Waals surface area (Å²) in [5, 5.41) is 2.95. The first-order valence-corrected chi connectivity index (χ1v) is 9.74. The van der Waals surface area contributed by atoms with Crippen LogP contribution in [0.4, 0.5) is 5.13 Å². The highest BCUT2D eigenvalue weighted by Crippen LogP contribution is 2.24. The van der Waals surface area contributed by atoms with Gasteiger partial charge in [0.15, 0.2) is 5.13 Å². The van der Waals surface area contributed by atoms with E-state index in [1.165, 1.54) is 45.3 Å². The van der Waals surface area contributed by atoms with E-state index >= 15 is 0 Å². The van der Waals surface area contributed by atoms with Gasteiger partial charge in [-0.1, -0.05) is 0 Å². The van der Waals surface area contributed by atoms with Crippen LogP contribution in [0.15, 0.2) is 5.38 Å². The molecular weight excluding hydrogens is 308 g/mol. The average molecular weight is 337 g/mol. The van der Waals surface area contributed by atoms with Crippen LogP contribution in [-0.4, -0.2) is 59.5 Å². The first kappa shape index (κ1) is 16.9. The highest BCUT2D eigenvalue weighted by molar-refractivity contribution is 7.14. The van der Waals surface area contributed by atoms with Crippen LogP contribution in [-0.2, 0) is 11.3 Å². The maximum atomic E-state index is 11.6. The maximum Gasteiger partial charge on any atom is 0.225 e. The van der Waals surface area contributed by atoms with Gasteiger partial charge >= 0.3 is 0 Å². The molecule has 2 saturated heterocycles. The number of nitrogens with zero attached hydrogens (tertiary/aromatic N) is 4. The molecule has 0 saturated carbocycles. The summed E-state index contributed by atoms with van der Waals surface area (Å²) >= 11 is 1.58. The number of piperidine rings is 1. The van der Waals surface area contributed by atoms with Crippen LogP contribution in [0, 0.1) is 0 Å². The summed E-state index contributed by atoms with van der Waals surface area (Å²) < 4.78 is 0. The van der Waals surface area contributed by atoms with Gasteiger partial charge in [-0.3, -0.25) is 19.5 Å².